The lowest BCUT2D eigenvalue weighted by Crippen LogP contribution is -2.46. The Hall–Kier alpha value is -1.68. The molecular formula is C21H37N5O3S. The van der Waals surface area contributed by atoms with Crippen molar-refractivity contribution >= 4 is 16.0 Å². The fourth-order valence-corrected chi connectivity index (χ4v) is 4.54. The van der Waals surface area contributed by atoms with Crippen LogP contribution in [0.1, 0.15) is 33.3 Å². The number of ether oxygens (including phenoxy) is 1. The van der Waals surface area contributed by atoms with Crippen molar-refractivity contribution < 1.29 is 13.2 Å². The molecule has 3 N–H and O–H groups in total. The third-order valence-electron chi connectivity index (χ3n) is 5.26. The zero-order chi connectivity index (χ0) is 22.1. The van der Waals surface area contributed by atoms with Crippen molar-refractivity contribution in [3.63, 3.8) is 0 Å². The number of likely N-dealkylation sites (tertiary alicyclic amines) is 1. The molecule has 0 radical (unpaired) electrons. The monoisotopic (exact) mass is 439 g/mol. The molecule has 9 heteroatoms. The molecule has 30 heavy (non-hydrogen) atoms. The van der Waals surface area contributed by atoms with Gasteiger partial charge in [-0.25, -0.2) is 18.1 Å². The van der Waals surface area contributed by atoms with Gasteiger partial charge in [-0.05, 0) is 44.4 Å². The number of nitrogens with one attached hydrogen (secondary N) is 3. The van der Waals surface area contributed by atoms with E-state index < -0.39 is 10.0 Å². The van der Waals surface area contributed by atoms with E-state index in [-0.39, 0.29) is 11.4 Å². The van der Waals surface area contributed by atoms with Crippen molar-refractivity contribution in [3.05, 3.63) is 29.8 Å². The molecule has 0 aromatic heterocycles. The molecule has 0 spiro atoms. The van der Waals surface area contributed by atoms with E-state index in [1.807, 2.05) is 13.0 Å². The summed E-state index contributed by atoms with van der Waals surface area (Å²) in [5.41, 5.74) is 0.838. The van der Waals surface area contributed by atoms with Crippen molar-refractivity contribution in [1.29, 1.82) is 0 Å². The predicted molar refractivity (Wildman–Crippen MR) is 121 cm³/mol. The number of rotatable bonds is 10. The number of nitrogens with zero attached hydrogens (tertiary/aromatic N) is 2. The molecular weight excluding hydrogens is 402 g/mol. The van der Waals surface area contributed by atoms with Crippen LogP contribution in [0.2, 0.25) is 0 Å². The first-order valence-electron chi connectivity index (χ1n) is 10.6. The smallest absolute Gasteiger partial charge is 0.240 e. The molecule has 0 saturated carbocycles. The lowest BCUT2D eigenvalue weighted by molar-refractivity contribution is 0.204. The maximum Gasteiger partial charge on any atom is 0.240 e. The number of hydrogen-bond donors (Lipinski definition) is 3. The van der Waals surface area contributed by atoms with E-state index in [1.165, 1.54) is 7.11 Å². The van der Waals surface area contributed by atoms with Crippen LogP contribution in [0, 0.1) is 5.92 Å². The Labute approximate surface area is 181 Å². The third kappa shape index (κ3) is 7.23. The molecule has 1 heterocycles. The maximum atomic E-state index is 12.4. The highest BCUT2D eigenvalue weighted by Gasteiger charge is 2.31. The predicted octanol–water partition coefficient (Wildman–Crippen LogP) is 1.40. The quantitative estimate of drug-likeness (QED) is 0.290. The highest BCUT2D eigenvalue weighted by Crippen LogP contribution is 2.18. The summed E-state index contributed by atoms with van der Waals surface area (Å²) in [4.78, 5) is 7.40. The normalized spacial score (nSPS) is 20.7. The van der Waals surface area contributed by atoms with Gasteiger partial charge in [0.2, 0.25) is 10.0 Å². The van der Waals surface area contributed by atoms with Gasteiger partial charge in [0.1, 0.15) is 0 Å². The van der Waals surface area contributed by atoms with Gasteiger partial charge in [-0.15, -0.1) is 0 Å². The summed E-state index contributed by atoms with van der Waals surface area (Å²) in [6.07, 6.45) is 0. The summed E-state index contributed by atoms with van der Waals surface area (Å²) < 4.78 is 32.3. The van der Waals surface area contributed by atoms with Gasteiger partial charge in [0.25, 0.3) is 0 Å². The first kappa shape index (κ1) is 24.6. The highest BCUT2D eigenvalue weighted by molar-refractivity contribution is 7.89. The summed E-state index contributed by atoms with van der Waals surface area (Å²) in [5.74, 6) is 1.29. The van der Waals surface area contributed by atoms with Crippen LogP contribution in [0.15, 0.2) is 34.2 Å². The number of guanidine groups is 1. The molecule has 1 aromatic rings. The number of hydrogen-bond acceptors (Lipinski definition) is 5. The van der Waals surface area contributed by atoms with E-state index in [0.29, 0.717) is 31.2 Å². The second-order valence-electron chi connectivity index (χ2n) is 8.01. The Morgan fingerprint density at radius 2 is 2.10 bits per heavy atom. The molecule has 0 bridgehead atoms. The Kier molecular flexibility index (Phi) is 9.54. The second kappa shape index (κ2) is 11.6. The fourth-order valence-electron chi connectivity index (χ4n) is 3.45. The van der Waals surface area contributed by atoms with Crippen LogP contribution in [-0.4, -0.2) is 71.3 Å². The first-order valence-corrected chi connectivity index (χ1v) is 12.1. The van der Waals surface area contributed by atoms with Gasteiger partial charge >= 0.3 is 0 Å². The average molecular weight is 440 g/mol. The van der Waals surface area contributed by atoms with Gasteiger partial charge in [0, 0.05) is 45.4 Å². The number of aliphatic imine (C=N–C) groups is 1. The van der Waals surface area contributed by atoms with Crippen molar-refractivity contribution in [3.8, 4) is 0 Å². The van der Waals surface area contributed by atoms with E-state index in [4.69, 9.17) is 9.73 Å². The molecule has 1 aromatic carbocycles. The molecule has 2 rings (SSSR count). The molecule has 1 fully saturated rings. The summed E-state index contributed by atoms with van der Waals surface area (Å²) in [6.45, 7) is 12.5. The lowest BCUT2D eigenvalue weighted by Gasteiger charge is -2.22. The van der Waals surface area contributed by atoms with Gasteiger partial charge in [0.15, 0.2) is 5.96 Å². The van der Waals surface area contributed by atoms with Gasteiger partial charge in [-0.2, -0.15) is 0 Å². The van der Waals surface area contributed by atoms with E-state index in [1.54, 1.807) is 18.2 Å². The standard InChI is InChI=1S/C21H37N5O3S/c1-6-22-21(25-20-15-26(16(2)3)14-17(20)4)23-13-18-8-7-9-19(12-18)30(27,28)24-10-11-29-5/h7-9,12,16-17,20,24H,6,10-11,13-15H2,1-5H3,(H2,22,23,25). The van der Waals surface area contributed by atoms with E-state index >= 15 is 0 Å². The average Bonchev–Trinajstić information content (AvgIpc) is 3.07. The van der Waals surface area contributed by atoms with Gasteiger partial charge < -0.3 is 15.4 Å². The van der Waals surface area contributed by atoms with Crippen LogP contribution in [-0.2, 0) is 21.3 Å². The van der Waals surface area contributed by atoms with Crippen LogP contribution in [0.5, 0.6) is 0 Å². The van der Waals surface area contributed by atoms with Crippen molar-refractivity contribution in [1.82, 2.24) is 20.3 Å². The minimum Gasteiger partial charge on any atom is -0.383 e. The molecule has 8 nitrogen and oxygen atoms in total. The highest BCUT2D eigenvalue weighted by atomic mass is 32.2. The minimum atomic E-state index is -3.56. The molecule has 0 amide bonds. The van der Waals surface area contributed by atoms with Crippen molar-refractivity contribution in [2.24, 2.45) is 10.9 Å². The fraction of sp³-hybridized carbons (Fsp3) is 0.667. The molecule has 2 atom stereocenters. The lowest BCUT2D eigenvalue weighted by atomic mass is 10.1. The number of methoxy groups -OCH3 is 1. The van der Waals surface area contributed by atoms with Crippen molar-refractivity contribution in [2.45, 2.75) is 51.2 Å². The summed E-state index contributed by atoms with van der Waals surface area (Å²) in [5, 5.41) is 6.85. The summed E-state index contributed by atoms with van der Waals surface area (Å²) in [7, 11) is -2.02. The van der Waals surface area contributed by atoms with Crippen LogP contribution >= 0.6 is 0 Å². The van der Waals surface area contributed by atoms with Gasteiger partial charge in [-0.3, -0.25) is 4.90 Å². The SMILES string of the molecule is CCNC(=NCc1cccc(S(=O)(=O)NCCOC)c1)NC1CN(C(C)C)CC1C. The minimum absolute atomic E-state index is 0.237. The van der Waals surface area contributed by atoms with Crippen LogP contribution in [0.4, 0.5) is 0 Å². The first-order chi connectivity index (χ1) is 14.3. The molecule has 170 valence electrons. The van der Waals surface area contributed by atoms with E-state index in [9.17, 15) is 8.42 Å². The Morgan fingerprint density at radius 3 is 2.73 bits per heavy atom. The topological polar surface area (TPSA) is 95.1 Å². The Balaban J connectivity index is 2.06. The van der Waals surface area contributed by atoms with Gasteiger partial charge in [-0.1, -0.05) is 19.1 Å². The summed E-state index contributed by atoms with van der Waals surface area (Å²) in [6, 6.07) is 7.76. The molecule has 1 aliphatic rings. The largest absolute Gasteiger partial charge is 0.383 e. The van der Waals surface area contributed by atoms with Crippen LogP contribution < -0.4 is 15.4 Å². The zero-order valence-corrected chi connectivity index (χ0v) is 19.6. The van der Waals surface area contributed by atoms with E-state index in [2.05, 4.69) is 41.0 Å². The zero-order valence-electron chi connectivity index (χ0n) is 18.8. The number of benzene rings is 1. The molecule has 1 saturated heterocycles. The Bertz CT molecular complexity index is 798. The molecule has 0 aliphatic carbocycles. The van der Waals surface area contributed by atoms with Crippen LogP contribution in [0.3, 0.4) is 0 Å². The van der Waals surface area contributed by atoms with Crippen LogP contribution in [0.25, 0.3) is 0 Å². The Morgan fingerprint density at radius 1 is 1.33 bits per heavy atom. The van der Waals surface area contributed by atoms with E-state index in [0.717, 1.165) is 31.2 Å². The summed E-state index contributed by atoms with van der Waals surface area (Å²) >= 11 is 0. The maximum absolute atomic E-state index is 12.4. The third-order valence-corrected chi connectivity index (χ3v) is 6.72. The molecule has 1 aliphatic heterocycles. The number of sulfonamides is 1. The second-order valence-corrected chi connectivity index (χ2v) is 9.78. The van der Waals surface area contributed by atoms with Gasteiger partial charge in [0.05, 0.1) is 18.0 Å². The molecule has 2 unspecified atom stereocenters. The van der Waals surface area contributed by atoms with Crippen molar-refractivity contribution in [2.75, 3.05) is 39.9 Å².